The predicted molar refractivity (Wildman–Crippen MR) is 116 cm³/mol. The lowest BCUT2D eigenvalue weighted by Crippen LogP contribution is -2.25. The molecule has 3 heterocycles. The van der Waals surface area contributed by atoms with Gasteiger partial charge in [0.05, 0.1) is 0 Å². The van der Waals surface area contributed by atoms with Gasteiger partial charge in [-0.25, -0.2) is 4.98 Å². The number of rotatable bonds is 6. The number of nitrogens with zero attached hydrogens (tertiary/aromatic N) is 1. The predicted octanol–water partition coefficient (Wildman–Crippen LogP) is 4.87. The lowest BCUT2D eigenvalue weighted by molar-refractivity contribution is -0.119. The lowest BCUT2D eigenvalue weighted by atomic mass is 10.2. The second-order valence-corrected chi connectivity index (χ2v) is 8.35. The van der Waals surface area contributed by atoms with E-state index >= 15 is 0 Å². The monoisotopic (exact) mass is 434 g/mol. The number of hydrogen-bond donors (Lipinski definition) is 1. The average molecular weight is 434 g/mol. The maximum atomic E-state index is 11.8. The maximum Gasteiger partial charge on any atom is 0.286 e. The second-order valence-electron chi connectivity index (χ2n) is 7.18. The SMILES string of the molecule is Cc1oc(-c2ccccc2)nc1COc1ccc2cc(CC3SC(=O)NC3=O)oc2c1. The quantitative estimate of drug-likeness (QED) is 0.463. The van der Waals surface area contributed by atoms with Crippen molar-refractivity contribution in [1.82, 2.24) is 10.3 Å². The molecule has 0 bridgehead atoms. The van der Waals surface area contributed by atoms with E-state index in [-0.39, 0.29) is 17.8 Å². The molecule has 0 saturated carbocycles. The Bertz CT molecular complexity index is 1280. The summed E-state index contributed by atoms with van der Waals surface area (Å²) in [6, 6.07) is 17.2. The first kappa shape index (κ1) is 19.4. The van der Waals surface area contributed by atoms with Gasteiger partial charge in [-0.15, -0.1) is 0 Å². The van der Waals surface area contributed by atoms with Crippen LogP contribution in [0.4, 0.5) is 4.79 Å². The molecule has 1 aliphatic heterocycles. The third-order valence-electron chi connectivity index (χ3n) is 4.99. The van der Waals surface area contributed by atoms with Gasteiger partial charge in [0.15, 0.2) is 0 Å². The highest BCUT2D eigenvalue weighted by Crippen LogP contribution is 2.29. The summed E-state index contributed by atoms with van der Waals surface area (Å²) in [6.07, 6.45) is 0.355. The van der Waals surface area contributed by atoms with Crippen molar-refractivity contribution in [3.8, 4) is 17.2 Å². The Morgan fingerprint density at radius 2 is 1.94 bits per heavy atom. The van der Waals surface area contributed by atoms with Gasteiger partial charge < -0.3 is 13.6 Å². The van der Waals surface area contributed by atoms with Gasteiger partial charge in [0.25, 0.3) is 5.24 Å². The zero-order valence-electron chi connectivity index (χ0n) is 16.6. The van der Waals surface area contributed by atoms with Gasteiger partial charge in [-0.2, -0.15) is 0 Å². The fraction of sp³-hybridized carbons (Fsp3) is 0.174. The Morgan fingerprint density at radius 1 is 1.10 bits per heavy atom. The van der Waals surface area contributed by atoms with Crippen LogP contribution in [0.1, 0.15) is 17.2 Å². The highest BCUT2D eigenvalue weighted by Gasteiger charge is 2.32. The molecule has 31 heavy (non-hydrogen) atoms. The molecule has 2 aromatic heterocycles. The maximum absolute atomic E-state index is 11.8. The molecule has 1 saturated heterocycles. The van der Waals surface area contributed by atoms with Crippen molar-refractivity contribution in [3.63, 3.8) is 0 Å². The molecular formula is C23H18N2O5S. The van der Waals surface area contributed by atoms with Gasteiger partial charge >= 0.3 is 0 Å². The van der Waals surface area contributed by atoms with Crippen molar-refractivity contribution in [2.24, 2.45) is 0 Å². The minimum absolute atomic E-state index is 0.266. The molecule has 2 aromatic carbocycles. The fourth-order valence-corrected chi connectivity index (χ4v) is 4.22. The summed E-state index contributed by atoms with van der Waals surface area (Å²) in [7, 11) is 0. The van der Waals surface area contributed by atoms with E-state index in [4.69, 9.17) is 13.6 Å². The summed E-state index contributed by atoms with van der Waals surface area (Å²) in [5.41, 5.74) is 2.30. The number of oxazole rings is 1. The van der Waals surface area contributed by atoms with Crippen LogP contribution in [0.5, 0.6) is 5.75 Å². The molecular weight excluding hydrogens is 416 g/mol. The Kier molecular flexibility index (Phi) is 4.99. The largest absolute Gasteiger partial charge is 0.487 e. The number of benzene rings is 2. The molecule has 1 N–H and O–H groups in total. The topological polar surface area (TPSA) is 94.6 Å². The summed E-state index contributed by atoms with van der Waals surface area (Å²) in [6.45, 7) is 2.13. The molecule has 1 aliphatic rings. The first-order chi connectivity index (χ1) is 15.0. The molecule has 0 aliphatic carbocycles. The Balaban J connectivity index is 1.29. The van der Waals surface area contributed by atoms with E-state index in [1.807, 2.05) is 55.5 Å². The molecule has 1 atom stereocenters. The normalized spacial score (nSPS) is 16.1. The second kappa shape index (κ2) is 7.96. The Labute approximate surface area is 181 Å². The third kappa shape index (κ3) is 4.06. The molecule has 7 nitrogen and oxygen atoms in total. The number of nitrogens with one attached hydrogen (secondary N) is 1. The van der Waals surface area contributed by atoms with E-state index < -0.39 is 5.25 Å². The van der Waals surface area contributed by atoms with Crippen LogP contribution in [0, 0.1) is 6.92 Å². The van der Waals surface area contributed by atoms with E-state index in [0.29, 0.717) is 35.2 Å². The molecule has 156 valence electrons. The van der Waals surface area contributed by atoms with E-state index in [9.17, 15) is 9.59 Å². The standard InChI is InChI=1S/C23H18N2O5S/c1-13-18(24-22(29-13)14-5-3-2-4-6-14)12-28-16-8-7-15-9-17(30-19(15)10-16)11-20-21(26)25-23(27)31-20/h2-10,20H,11-12H2,1H3,(H,25,26,27). The zero-order chi connectivity index (χ0) is 21.4. The van der Waals surface area contributed by atoms with Crippen LogP contribution in [-0.4, -0.2) is 21.4 Å². The van der Waals surface area contributed by atoms with Crippen LogP contribution in [0.15, 0.2) is 63.4 Å². The highest BCUT2D eigenvalue weighted by atomic mass is 32.2. The van der Waals surface area contributed by atoms with Gasteiger partial charge in [-0.1, -0.05) is 30.0 Å². The van der Waals surface area contributed by atoms with Crippen LogP contribution in [-0.2, 0) is 17.8 Å². The number of carbonyl (C=O) groups excluding carboxylic acids is 2. The first-order valence-corrected chi connectivity index (χ1v) is 10.6. The summed E-state index contributed by atoms with van der Waals surface area (Å²) in [5, 5.41) is 2.41. The van der Waals surface area contributed by atoms with E-state index in [1.165, 1.54) is 0 Å². The zero-order valence-corrected chi connectivity index (χ0v) is 17.4. The van der Waals surface area contributed by atoms with E-state index in [0.717, 1.165) is 28.4 Å². The minimum Gasteiger partial charge on any atom is -0.487 e. The Morgan fingerprint density at radius 3 is 2.71 bits per heavy atom. The summed E-state index contributed by atoms with van der Waals surface area (Å²) in [4.78, 5) is 27.7. The summed E-state index contributed by atoms with van der Waals surface area (Å²) < 4.78 is 17.6. The van der Waals surface area contributed by atoms with Crippen molar-refractivity contribution < 1.29 is 23.2 Å². The van der Waals surface area contributed by atoms with Gasteiger partial charge in [0.2, 0.25) is 11.8 Å². The molecule has 0 radical (unpaired) electrons. The van der Waals surface area contributed by atoms with Crippen LogP contribution < -0.4 is 10.1 Å². The number of aryl methyl sites for hydroxylation is 1. The molecule has 1 unspecified atom stereocenters. The van der Waals surface area contributed by atoms with Crippen LogP contribution in [0.3, 0.4) is 0 Å². The van der Waals surface area contributed by atoms with Crippen LogP contribution in [0.2, 0.25) is 0 Å². The highest BCUT2D eigenvalue weighted by molar-refractivity contribution is 8.15. The number of thioether (sulfide) groups is 1. The Hall–Kier alpha value is -3.52. The molecule has 4 aromatic rings. The first-order valence-electron chi connectivity index (χ1n) is 9.73. The number of carbonyl (C=O) groups is 2. The van der Waals surface area contributed by atoms with Crippen molar-refractivity contribution in [2.45, 2.75) is 25.2 Å². The molecule has 5 rings (SSSR count). The third-order valence-corrected chi connectivity index (χ3v) is 5.97. The summed E-state index contributed by atoms with van der Waals surface area (Å²) >= 11 is 0.989. The molecule has 0 spiro atoms. The van der Waals surface area contributed by atoms with Crippen molar-refractivity contribution in [2.75, 3.05) is 0 Å². The average Bonchev–Trinajstić information content (AvgIpc) is 3.43. The number of fused-ring (bicyclic) bond motifs is 1. The van der Waals surface area contributed by atoms with Crippen molar-refractivity contribution in [1.29, 1.82) is 0 Å². The molecule has 8 heteroatoms. The number of imide groups is 1. The lowest BCUT2D eigenvalue weighted by Gasteiger charge is -2.04. The number of amides is 2. The fourth-order valence-electron chi connectivity index (χ4n) is 3.39. The smallest absolute Gasteiger partial charge is 0.286 e. The van der Waals surface area contributed by atoms with Crippen molar-refractivity contribution >= 4 is 33.9 Å². The molecule has 2 amide bonds. The van der Waals surface area contributed by atoms with Gasteiger partial charge in [-0.05, 0) is 37.3 Å². The van der Waals surface area contributed by atoms with E-state index in [2.05, 4.69) is 10.3 Å². The minimum atomic E-state index is -0.460. The van der Waals surface area contributed by atoms with Gasteiger partial charge in [0.1, 0.15) is 40.4 Å². The number of hydrogen-bond acceptors (Lipinski definition) is 7. The number of aromatic nitrogens is 1. The van der Waals surface area contributed by atoms with E-state index in [1.54, 1.807) is 6.07 Å². The summed E-state index contributed by atoms with van der Waals surface area (Å²) in [5.74, 6) is 2.28. The van der Waals surface area contributed by atoms with Crippen molar-refractivity contribution in [3.05, 3.63) is 71.8 Å². The van der Waals surface area contributed by atoms with Crippen LogP contribution in [0.25, 0.3) is 22.4 Å². The van der Waals surface area contributed by atoms with Gasteiger partial charge in [-0.3, -0.25) is 14.9 Å². The number of ether oxygens (including phenoxy) is 1. The molecule has 1 fully saturated rings. The van der Waals surface area contributed by atoms with Gasteiger partial charge in [0, 0.05) is 23.4 Å². The van der Waals surface area contributed by atoms with Crippen LogP contribution >= 0.6 is 11.8 Å². The number of furan rings is 1.